The molecule has 0 fully saturated rings. The summed E-state index contributed by atoms with van der Waals surface area (Å²) in [4.78, 5) is 24.3. The fraction of sp³-hybridized carbons (Fsp3) is 0.524. The van der Waals surface area contributed by atoms with Gasteiger partial charge in [-0.25, -0.2) is 9.18 Å². The van der Waals surface area contributed by atoms with E-state index in [1.165, 1.54) is 24.3 Å². The molecule has 0 aromatic heterocycles. The van der Waals surface area contributed by atoms with Crippen LogP contribution >= 0.6 is 15.9 Å². The first kappa shape index (κ1) is 25.1. The van der Waals surface area contributed by atoms with Gasteiger partial charge in [-0.3, -0.25) is 10.1 Å². The van der Waals surface area contributed by atoms with Gasteiger partial charge < -0.3 is 10.4 Å². The third-order valence-electron chi connectivity index (χ3n) is 4.78. The van der Waals surface area contributed by atoms with E-state index in [-0.39, 0.29) is 24.8 Å². The van der Waals surface area contributed by atoms with E-state index in [4.69, 9.17) is 0 Å². The topological polar surface area (TPSA) is 78.4 Å². The summed E-state index contributed by atoms with van der Waals surface area (Å²) < 4.78 is 58.4. The molecule has 1 aromatic rings. The van der Waals surface area contributed by atoms with Crippen molar-refractivity contribution in [1.82, 2.24) is 10.6 Å². The van der Waals surface area contributed by atoms with Gasteiger partial charge in [0.05, 0.1) is 6.04 Å². The summed E-state index contributed by atoms with van der Waals surface area (Å²) in [5.74, 6) is 2.36. The highest BCUT2D eigenvalue weighted by Gasteiger charge is 2.57. The second-order valence-corrected chi connectivity index (χ2v) is 8.88. The van der Waals surface area contributed by atoms with Crippen LogP contribution in [-0.2, 0) is 15.1 Å². The Morgan fingerprint density at radius 2 is 1.87 bits per heavy atom. The number of halogens is 5. The number of amides is 1. The molecule has 0 radical (unpaired) electrons. The molecule has 1 amide bonds. The molecule has 0 spiro atoms. The first-order valence-corrected chi connectivity index (χ1v) is 10.4. The molecule has 31 heavy (non-hydrogen) atoms. The molecule has 1 aliphatic heterocycles. The first-order chi connectivity index (χ1) is 14.2. The zero-order valence-electron chi connectivity index (χ0n) is 16.9. The van der Waals surface area contributed by atoms with Crippen LogP contribution in [0.2, 0.25) is 0 Å². The molecule has 1 aliphatic rings. The zero-order valence-corrected chi connectivity index (χ0v) is 18.5. The Morgan fingerprint density at radius 1 is 1.26 bits per heavy atom. The van der Waals surface area contributed by atoms with Crippen LogP contribution in [0, 0.1) is 11.8 Å². The molecule has 0 saturated heterocycles. The lowest BCUT2D eigenvalue weighted by Crippen LogP contribution is -2.62. The zero-order chi connectivity index (χ0) is 23.4. The predicted molar refractivity (Wildman–Crippen MR) is 110 cm³/mol. The number of carboxylic acids is 1. The first-order valence-electron chi connectivity index (χ1n) is 9.58. The number of aliphatic carboxylic acids is 1. The molecule has 10 heteroatoms. The summed E-state index contributed by atoms with van der Waals surface area (Å²) in [6, 6.07) is 2.24. The molecular formula is C21H23BrF4N2O3. The molecule has 0 aliphatic carbocycles. The molecule has 1 aromatic carbocycles. The van der Waals surface area contributed by atoms with Gasteiger partial charge in [-0.15, -0.1) is 5.92 Å². The normalized spacial score (nSPS) is 25.6. The summed E-state index contributed by atoms with van der Waals surface area (Å²) in [5.41, 5.74) is -5.23. The van der Waals surface area contributed by atoms with Gasteiger partial charge in [-0.2, -0.15) is 13.2 Å². The van der Waals surface area contributed by atoms with E-state index in [0.717, 1.165) is 13.8 Å². The molecule has 2 rings (SSSR count). The highest BCUT2D eigenvalue weighted by molar-refractivity contribution is 9.10. The van der Waals surface area contributed by atoms with Crippen LogP contribution < -0.4 is 10.6 Å². The van der Waals surface area contributed by atoms with Crippen LogP contribution in [-0.4, -0.2) is 40.9 Å². The molecule has 3 atom stereocenters. The summed E-state index contributed by atoms with van der Waals surface area (Å²) >= 11 is 3.17. The van der Waals surface area contributed by atoms with Crippen molar-refractivity contribution in [1.29, 1.82) is 0 Å². The minimum atomic E-state index is -4.97. The number of hydrogen-bond acceptors (Lipinski definition) is 3. The fourth-order valence-electron chi connectivity index (χ4n) is 3.28. The van der Waals surface area contributed by atoms with Crippen LogP contribution in [0.1, 0.15) is 45.1 Å². The number of alkyl halides is 4. The van der Waals surface area contributed by atoms with Crippen molar-refractivity contribution in [2.24, 2.45) is 0 Å². The van der Waals surface area contributed by atoms with Gasteiger partial charge in [0.1, 0.15) is 11.7 Å². The largest absolute Gasteiger partial charge is 0.480 e. The van der Waals surface area contributed by atoms with Gasteiger partial charge in [0, 0.05) is 17.3 Å². The van der Waals surface area contributed by atoms with Gasteiger partial charge in [0.15, 0.2) is 0 Å². The lowest BCUT2D eigenvalue weighted by molar-refractivity contribution is -0.185. The Kier molecular flexibility index (Phi) is 7.76. The Labute approximate surface area is 186 Å². The van der Waals surface area contributed by atoms with E-state index in [0.29, 0.717) is 4.47 Å². The van der Waals surface area contributed by atoms with Crippen molar-refractivity contribution in [2.45, 2.75) is 69.0 Å². The van der Waals surface area contributed by atoms with Crippen molar-refractivity contribution in [3.63, 3.8) is 0 Å². The Hall–Kier alpha value is -2.12. The minimum absolute atomic E-state index is 0.00500. The SMILES string of the molecule is CC(C)(F)C[C@@H]1N[C@@](c2ccc(Br)cc2)(C(F)(F)F)C#CCCC[C@@H](C(=O)O)NC1=O. The van der Waals surface area contributed by atoms with E-state index in [2.05, 4.69) is 38.4 Å². The molecule has 170 valence electrons. The van der Waals surface area contributed by atoms with Crippen molar-refractivity contribution >= 4 is 27.8 Å². The molecule has 0 saturated carbocycles. The van der Waals surface area contributed by atoms with Crippen LogP contribution in [0.5, 0.6) is 0 Å². The third kappa shape index (κ3) is 6.43. The van der Waals surface area contributed by atoms with Crippen LogP contribution in [0.3, 0.4) is 0 Å². The van der Waals surface area contributed by atoms with Crippen LogP contribution in [0.25, 0.3) is 0 Å². The van der Waals surface area contributed by atoms with Gasteiger partial charge in [-0.1, -0.05) is 34.0 Å². The van der Waals surface area contributed by atoms with Crippen molar-refractivity contribution in [3.8, 4) is 11.8 Å². The van der Waals surface area contributed by atoms with Crippen LogP contribution in [0.4, 0.5) is 17.6 Å². The van der Waals surface area contributed by atoms with E-state index in [1.54, 1.807) is 0 Å². The average Bonchev–Trinajstić information content (AvgIpc) is 2.65. The third-order valence-corrected chi connectivity index (χ3v) is 5.31. The molecule has 3 N–H and O–H groups in total. The summed E-state index contributed by atoms with van der Waals surface area (Å²) in [7, 11) is 0. The number of benzene rings is 1. The summed E-state index contributed by atoms with van der Waals surface area (Å²) in [5, 5.41) is 13.8. The monoisotopic (exact) mass is 506 g/mol. The predicted octanol–water partition coefficient (Wildman–Crippen LogP) is 4.06. The van der Waals surface area contributed by atoms with Crippen molar-refractivity contribution < 1.29 is 32.3 Å². The minimum Gasteiger partial charge on any atom is -0.480 e. The lowest BCUT2D eigenvalue weighted by atomic mass is 9.86. The second kappa shape index (κ2) is 9.57. The number of nitrogens with one attached hydrogen (secondary N) is 2. The van der Waals surface area contributed by atoms with Gasteiger partial charge in [0.2, 0.25) is 11.4 Å². The van der Waals surface area contributed by atoms with Crippen molar-refractivity contribution in [2.75, 3.05) is 0 Å². The molecule has 0 unspecified atom stereocenters. The number of carboxylic acid groups (broad SMARTS) is 1. The maximum Gasteiger partial charge on any atom is 0.422 e. The summed E-state index contributed by atoms with van der Waals surface area (Å²) in [6.45, 7) is 2.25. The summed E-state index contributed by atoms with van der Waals surface area (Å²) in [6.07, 6.45) is -5.44. The Balaban J connectivity index is 2.65. The molecular weight excluding hydrogens is 484 g/mol. The number of carbonyl (C=O) groups is 2. The number of hydrogen-bond donors (Lipinski definition) is 3. The van der Waals surface area contributed by atoms with Gasteiger partial charge in [-0.05, 0) is 44.4 Å². The van der Waals surface area contributed by atoms with Gasteiger partial charge >= 0.3 is 12.1 Å². The number of carbonyl (C=O) groups excluding carboxylic acids is 1. The number of rotatable bonds is 4. The van der Waals surface area contributed by atoms with E-state index < -0.39 is 47.8 Å². The highest BCUT2D eigenvalue weighted by atomic mass is 79.9. The molecule has 5 nitrogen and oxygen atoms in total. The average molecular weight is 507 g/mol. The van der Waals surface area contributed by atoms with Crippen molar-refractivity contribution in [3.05, 3.63) is 34.3 Å². The molecule has 1 heterocycles. The standard InChI is InChI=1S/C21H23BrF4N2O3/c1-19(2,23)12-16-17(29)27-15(18(30)31)6-4-3-5-11-20(28-16,21(24,25)26)13-7-9-14(22)10-8-13/h7-10,15-16,28H,3-4,6,12H2,1-2H3,(H,27,29)(H,30,31)/t15-,16-,20-/m0/s1. The quantitative estimate of drug-likeness (QED) is 0.425. The lowest BCUT2D eigenvalue weighted by Gasteiger charge is -2.37. The highest BCUT2D eigenvalue weighted by Crippen LogP contribution is 2.40. The van der Waals surface area contributed by atoms with E-state index >= 15 is 0 Å². The molecule has 0 bridgehead atoms. The van der Waals surface area contributed by atoms with Gasteiger partial charge in [0.25, 0.3) is 0 Å². The fourth-order valence-corrected chi connectivity index (χ4v) is 3.55. The second-order valence-electron chi connectivity index (χ2n) is 7.97. The maximum atomic E-state index is 14.5. The maximum absolute atomic E-state index is 14.5. The van der Waals surface area contributed by atoms with Crippen LogP contribution in [0.15, 0.2) is 28.7 Å². The Bertz CT molecular complexity index is 872. The smallest absolute Gasteiger partial charge is 0.422 e. The van der Waals surface area contributed by atoms with E-state index in [9.17, 15) is 32.3 Å². The Morgan fingerprint density at radius 3 is 2.39 bits per heavy atom. The van der Waals surface area contributed by atoms with E-state index in [1.807, 2.05) is 0 Å².